The van der Waals surface area contributed by atoms with E-state index in [1.54, 1.807) is 12.1 Å². The fourth-order valence-corrected chi connectivity index (χ4v) is 4.41. The van der Waals surface area contributed by atoms with Crippen molar-refractivity contribution in [2.24, 2.45) is 5.41 Å². The van der Waals surface area contributed by atoms with Crippen LogP contribution in [0.4, 0.5) is 0 Å². The van der Waals surface area contributed by atoms with Gasteiger partial charge in [-0.3, -0.25) is 9.59 Å². The Morgan fingerprint density at radius 1 is 0.900 bits per heavy atom. The molecule has 1 aromatic rings. The molecule has 3 N–H and O–H groups in total. The Morgan fingerprint density at radius 3 is 2.00 bits per heavy atom. The van der Waals surface area contributed by atoms with Crippen molar-refractivity contribution in [3.05, 3.63) is 23.3 Å². The summed E-state index contributed by atoms with van der Waals surface area (Å²) in [4.78, 5) is 21.7. The lowest BCUT2D eigenvalue weighted by Gasteiger charge is -2.14. The molecule has 0 atom stereocenters. The second kappa shape index (κ2) is 9.71. The molecule has 0 spiro atoms. The number of phenolic OH excluding ortho intramolecular Hbond substituents is 2. The molecule has 0 heterocycles. The fraction of sp³-hybridized carbons (Fsp3) is 0.667. The van der Waals surface area contributed by atoms with Gasteiger partial charge in [-0.1, -0.05) is 19.3 Å². The summed E-state index contributed by atoms with van der Waals surface area (Å²) >= 11 is 0. The summed E-state index contributed by atoms with van der Waals surface area (Å²) in [6.07, 6.45) is 12.1. The van der Waals surface area contributed by atoms with Gasteiger partial charge in [0.15, 0.2) is 0 Å². The van der Waals surface area contributed by atoms with Gasteiger partial charge < -0.3 is 20.1 Å². The number of hydrogen-bond acceptors (Lipinski definition) is 5. The second-order valence-electron chi connectivity index (χ2n) is 9.22. The molecule has 0 saturated heterocycles. The van der Waals surface area contributed by atoms with Crippen molar-refractivity contribution in [3.8, 4) is 11.5 Å². The topological polar surface area (TPSA) is 104 Å². The number of unbranched alkanes of at least 4 members (excludes halogenated alkanes) is 4. The predicted molar refractivity (Wildman–Crippen MR) is 113 cm³/mol. The largest absolute Gasteiger partial charge is 0.508 e. The third-order valence-corrected chi connectivity index (χ3v) is 6.85. The van der Waals surface area contributed by atoms with Gasteiger partial charge in [0.1, 0.15) is 17.1 Å². The number of carbonyl (C=O) groups excluding carboxylic acids is 1. The molecule has 2 aliphatic rings. The first-order valence-electron chi connectivity index (χ1n) is 11.3. The van der Waals surface area contributed by atoms with Crippen LogP contribution >= 0.6 is 0 Å². The van der Waals surface area contributed by atoms with E-state index < -0.39 is 11.4 Å². The molecule has 1 aromatic carbocycles. The number of phenols is 2. The molecule has 0 aliphatic heterocycles. The minimum absolute atomic E-state index is 0.179. The first-order chi connectivity index (χ1) is 14.4. The molecule has 2 saturated carbocycles. The first kappa shape index (κ1) is 22.4. The van der Waals surface area contributed by atoms with Crippen molar-refractivity contribution in [2.45, 2.75) is 95.5 Å². The summed E-state index contributed by atoms with van der Waals surface area (Å²) in [7, 11) is 0. The van der Waals surface area contributed by atoms with Gasteiger partial charge >= 0.3 is 5.97 Å². The number of rotatable bonds is 15. The van der Waals surface area contributed by atoms with Crippen LogP contribution in [-0.4, -0.2) is 33.4 Å². The molecule has 166 valence electrons. The van der Waals surface area contributed by atoms with Crippen LogP contribution in [0, 0.1) is 5.41 Å². The number of aromatic hydroxyl groups is 2. The molecule has 3 rings (SSSR count). The molecular weight excluding hydrogens is 384 g/mol. The SMILES string of the molecule is O=COC1(CCCCc2cc(O)cc(CCCCCCC3(C(=O)O)CC3)c2O)CC1. The van der Waals surface area contributed by atoms with Crippen LogP contribution in [0.5, 0.6) is 11.5 Å². The van der Waals surface area contributed by atoms with E-state index in [0.717, 1.165) is 88.2 Å². The Balaban J connectivity index is 1.38. The van der Waals surface area contributed by atoms with Gasteiger partial charge in [-0.15, -0.1) is 0 Å². The normalized spacial score (nSPS) is 18.0. The van der Waals surface area contributed by atoms with Gasteiger partial charge in [0.05, 0.1) is 5.41 Å². The van der Waals surface area contributed by atoms with Crippen molar-refractivity contribution < 1.29 is 29.6 Å². The van der Waals surface area contributed by atoms with Crippen LogP contribution in [0.1, 0.15) is 88.2 Å². The van der Waals surface area contributed by atoms with E-state index in [-0.39, 0.29) is 17.1 Å². The van der Waals surface area contributed by atoms with Crippen molar-refractivity contribution in [1.82, 2.24) is 0 Å². The molecular formula is C24H34O6. The second-order valence-corrected chi connectivity index (χ2v) is 9.22. The van der Waals surface area contributed by atoms with E-state index in [0.29, 0.717) is 19.3 Å². The molecule has 0 amide bonds. The van der Waals surface area contributed by atoms with E-state index in [2.05, 4.69) is 0 Å². The zero-order valence-electron chi connectivity index (χ0n) is 17.7. The van der Waals surface area contributed by atoms with Crippen LogP contribution < -0.4 is 0 Å². The summed E-state index contributed by atoms with van der Waals surface area (Å²) in [5.41, 5.74) is 0.870. The number of aliphatic carboxylic acids is 1. The number of benzene rings is 1. The van der Waals surface area contributed by atoms with Gasteiger partial charge in [0, 0.05) is 0 Å². The van der Waals surface area contributed by atoms with Crippen molar-refractivity contribution in [2.75, 3.05) is 0 Å². The summed E-state index contributed by atoms with van der Waals surface area (Å²) in [6.45, 7) is 0.538. The highest BCUT2D eigenvalue weighted by atomic mass is 16.5. The van der Waals surface area contributed by atoms with Crippen molar-refractivity contribution in [1.29, 1.82) is 0 Å². The Labute approximate surface area is 178 Å². The molecule has 2 fully saturated rings. The lowest BCUT2D eigenvalue weighted by Crippen LogP contribution is -2.14. The van der Waals surface area contributed by atoms with Gasteiger partial charge in [-0.25, -0.2) is 0 Å². The average molecular weight is 419 g/mol. The molecule has 30 heavy (non-hydrogen) atoms. The quantitative estimate of drug-likeness (QED) is 0.213. The average Bonchev–Trinajstić information content (AvgIpc) is 3.62. The minimum atomic E-state index is -0.650. The number of hydrogen-bond donors (Lipinski definition) is 3. The van der Waals surface area contributed by atoms with Crippen LogP contribution in [0.3, 0.4) is 0 Å². The predicted octanol–water partition coefficient (Wildman–Crippen LogP) is 4.87. The van der Waals surface area contributed by atoms with Crippen LogP contribution in [0.2, 0.25) is 0 Å². The maximum atomic E-state index is 11.2. The van der Waals surface area contributed by atoms with E-state index in [1.165, 1.54) is 0 Å². The van der Waals surface area contributed by atoms with Crippen LogP contribution in [0.25, 0.3) is 0 Å². The Hall–Kier alpha value is -2.24. The van der Waals surface area contributed by atoms with E-state index >= 15 is 0 Å². The lowest BCUT2D eigenvalue weighted by molar-refractivity contribution is -0.143. The Morgan fingerprint density at radius 2 is 1.47 bits per heavy atom. The summed E-state index contributed by atoms with van der Waals surface area (Å²) in [5, 5.41) is 29.9. The number of carboxylic acids is 1. The standard InChI is InChI=1S/C24H34O6/c25-17-30-24(13-14-24)10-6-4-8-19-16-20(26)15-18(21(19)27)7-3-1-2-5-9-23(11-12-23)22(28)29/h15-17,26-27H,1-14H2,(H,28,29). The zero-order valence-corrected chi connectivity index (χ0v) is 17.7. The molecule has 0 radical (unpaired) electrons. The molecule has 6 heteroatoms. The van der Waals surface area contributed by atoms with Crippen molar-refractivity contribution >= 4 is 12.4 Å². The highest BCUT2D eigenvalue weighted by Gasteiger charge is 2.49. The van der Waals surface area contributed by atoms with Gasteiger partial charge in [0.2, 0.25) is 0 Å². The zero-order chi connectivity index (χ0) is 21.6. The first-order valence-corrected chi connectivity index (χ1v) is 11.3. The third kappa shape index (κ3) is 5.89. The van der Waals surface area contributed by atoms with Crippen LogP contribution in [0.15, 0.2) is 12.1 Å². The Kier molecular flexibility index (Phi) is 7.27. The molecule has 0 aromatic heterocycles. The summed E-state index contributed by atoms with van der Waals surface area (Å²) < 4.78 is 5.16. The molecule has 2 aliphatic carbocycles. The highest BCUT2D eigenvalue weighted by molar-refractivity contribution is 5.77. The van der Waals surface area contributed by atoms with E-state index in [9.17, 15) is 24.9 Å². The summed E-state index contributed by atoms with van der Waals surface area (Å²) in [5.74, 6) is -0.193. The maximum absolute atomic E-state index is 11.2. The van der Waals surface area contributed by atoms with Gasteiger partial charge in [-0.05, 0) is 93.9 Å². The van der Waals surface area contributed by atoms with E-state index in [4.69, 9.17) is 4.74 Å². The lowest BCUT2D eigenvalue weighted by atomic mass is 9.96. The molecule has 0 bridgehead atoms. The smallest absolute Gasteiger partial charge is 0.309 e. The molecule has 0 unspecified atom stereocenters. The highest BCUT2D eigenvalue weighted by Crippen LogP contribution is 2.50. The number of ether oxygens (including phenoxy) is 1. The number of carboxylic acid groups (broad SMARTS) is 1. The third-order valence-electron chi connectivity index (χ3n) is 6.85. The maximum Gasteiger partial charge on any atom is 0.309 e. The van der Waals surface area contributed by atoms with Gasteiger partial charge in [-0.2, -0.15) is 0 Å². The number of carbonyl (C=O) groups is 2. The van der Waals surface area contributed by atoms with Crippen LogP contribution in [-0.2, 0) is 27.2 Å². The Bertz CT molecular complexity index is 748. The monoisotopic (exact) mass is 418 g/mol. The minimum Gasteiger partial charge on any atom is -0.508 e. The fourth-order valence-electron chi connectivity index (χ4n) is 4.41. The number of aryl methyl sites for hydroxylation is 2. The van der Waals surface area contributed by atoms with Crippen molar-refractivity contribution in [3.63, 3.8) is 0 Å². The summed E-state index contributed by atoms with van der Waals surface area (Å²) in [6, 6.07) is 3.27. The van der Waals surface area contributed by atoms with E-state index in [1.807, 2.05) is 0 Å². The molecule has 6 nitrogen and oxygen atoms in total. The van der Waals surface area contributed by atoms with Gasteiger partial charge in [0.25, 0.3) is 6.47 Å².